The first kappa shape index (κ1) is 20.0. The highest BCUT2D eigenvalue weighted by atomic mass is 32.2. The molecule has 2 heterocycles. The average molecular weight is 408 g/mol. The number of hydrogen-bond donors (Lipinski definition) is 0. The third kappa shape index (κ3) is 4.95. The topological polar surface area (TPSA) is 60.9 Å². The number of nitrogens with zero attached hydrogens (tertiary/aromatic N) is 3. The number of aryl methyl sites for hydroxylation is 1. The molecule has 1 aliphatic heterocycles. The quantitative estimate of drug-likeness (QED) is 0.735. The van der Waals surface area contributed by atoms with E-state index in [9.17, 15) is 13.2 Å². The van der Waals surface area contributed by atoms with E-state index in [1.54, 1.807) is 29.5 Å². The summed E-state index contributed by atoms with van der Waals surface area (Å²) in [7, 11) is -1.60. The molecule has 0 saturated carbocycles. The van der Waals surface area contributed by atoms with Crippen LogP contribution in [-0.2, 0) is 21.4 Å². The van der Waals surface area contributed by atoms with E-state index in [1.807, 2.05) is 36.1 Å². The molecule has 27 heavy (non-hydrogen) atoms. The van der Waals surface area contributed by atoms with E-state index in [-0.39, 0.29) is 5.91 Å². The Balaban J connectivity index is 1.50. The maximum absolute atomic E-state index is 12.6. The first-order valence-corrected chi connectivity index (χ1v) is 11.2. The number of piperazine rings is 1. The molecule has 0 aliphatic carbocycles. The van der Waals surface area contributed by atoms with Gasteiger partial charge in [0.15, 0.2) is 0 Å². The molecule has 0 atom stereocenters. The van der Waals surface area contributed by atoms with Crippen molar-refractivity contribution < 1.29 is 13.2 Å². The van der Waals surface area contributed by atoms with Gasteiger partial charge in [-0.2, -0.15) is 4.31 Å². The zero-order chi connectivity index (χ0) is 19.4. The van der Waals surface area contributed by atoms with Crippen LogP contribution in [0.15, 0.2) is 46.0 Å². The number of benzene rings is 1. The van der Waals surface area contributed by atoms with E-state index >= 15 is 0 Å². The van der Waals surface area contributed by atoms with Gasteiger partial charge in [0.25, 0.3) is 10.0 Å². The Morgan fingerprint density at radius 2 is 1.78 bits per heavy atom. The lowest BCUT2D eigenvalue weighted by molar-refractivity contribution is -0.131. The molecule has 0 spiro atoms. The SMILES string of the molecule is Cc1ccc(CN(C)C(=O)CN2CCN(S(=O)(=O)c3cccs3)CC2)cc1. The molecule has 0 bridgehead atoms. The molecule has 3 rings (SSSR count). The van der Waals surface area contributed by atoms with Crippen molar-refractivity contribution >= 4 is 27.3 Å². The van der Waals surface area contributed by atoms with Gasteiger partial charge in [-0.25, -0.2) is 8.42 Å². The summed E-state index contributed by atoms with van der Waals surface area (Å²) < 4.78 is 27.0. The van der Waals surface area contributed by atoms with E-state index in [2.05, 4.69) is 0 Å². The number of likely N-dealkylation sites (N-methyl/N-ethyl adjacent to an activating group) is 1. The second kappa shape index (κ2) is 8.52. The van der Waals surface area contributed by atoms with E-state index in [4.69, 9.17) is 0 Å². The van der Waals surface area contributed by atoms with Crippen molar-refractivity contribution in [3.05, 3.63) is 52.9 Å². The van der Waals surface area contributed by atoms with Crippen LogP contribution in [0, 0.1) is 6.92 Å². The van der Waals surface area contributed by atoms with Crippen molar-refractivity contribution in [2.24, 2.45) is 0 Å². The van der Waals surface area contributed by atoms with Crippen molar-refractivity contribution in [1.82, 2.24) is 14.1 Å². The lowest BCUT2D eigenvalue weighted by atomic mass is 10.1. The number of thiophene rings is 1. The van der Waals surface area contributed by atoms with Crippen molar-refractivity contribution in [3.8, 4) is 0 Å². The molecule has 1 aromatic heterocycles. The van der Waals surface area contributed by atoms with E-state index in [1.165, 1.54) is 21.2 Å². The van der Waals surface area contributed by atoms with Crippen LogP contribution in [0.5, 0.6) is 0 Å². The third-order valence-corrected chi connectivity index (χ3v) is 8.02. The second-order valence-corrected chi connectivity index (χ2v) is 9.96. The summed E-state index contributed by atoms with van der Waals surface area (Å²) in [6.07, 6.45) is 0. The molecule has 1 fully saturated rings. The normalized spacial score (nSPS) is 16.4. The molecular formula is C19H25N3O3S2. The van der Waals surface area contributed by atoms with Crippen LogP contribution in [0.3, 0.4) is 0 Å². The van der Waals surface area contributed by atoms with Gasteiger partial charge in [-0.3, -0.25) is 9.69 Å². The highest BCUT2D eigenvalue weighted by molar-refractivity contribution is 7.91. The maximum atomic E-state index is 12.6. The predicted octanol–water partition coefficient (Wildman–Crippen LogP) is 2.02. The number of rotatable bonds is 6. The van der Waals surface area contributed by atoms with Gasteiger partial charge in [0, 0.05) is 39.8 Å². The number of sulfonamides is 1. The molecular weight excluding hydrogens is 382 g/mol. The fourth-order valence-electron chi connectivity index (χ4n) is 3.03. The monoisotopic (exact) mass is 407 g/mol. The van der Waals surface area contributed by atoms with Crippen LogP contribution in [0.1, 0.15) is 11.1 Å². The molecule has 0 N–H and O–H groups in total. The summed E-state index contributed by atoms with van der Waals surface area (Å²) in [5.74, 6) is 0.0464. The van der Waals surface area contributed by atoms with E-state index < -0.39 is 10.0 Å². The summed E-state index contributed by atoms with van der Waals surface area (Å²) >= 11 is 1.24. The molecule has 0 radical (unpaired) electrons. The van der Waals surface area contributed by atoms with E-state index in [0.717, 1.165) is 5.56 Å². The molecule has 146 valence electrons. The highest BCUT2D eigenvalue weighted by Gasteiger charge is 2.29. The highest BCUT2D eigenvalue weighted by Crippen LogP contribution is 2.22. The van der Waals surface area contributed by atoms with Crippen LogP contribution in [0.25, 0.3) is 0 Å². The maximum Gasteiger partial charge on any atom is 0.252 e. The van der Waals surface area contributed by atoms with Gasteiger partial charge in [-0.05, 0) is 23.9 Å². The number of carbonyl (C=O) groups excluding carboxylic acids is 1. The zero-order valence-corrected chi connectivity index (χ0v) is 17.3. The smallest absolute Gasteiger partial charge is 0.252 e. The Kier molecular flexibility index (Phi) is 6.31. The minimum atomic E-state index is -3.40. The first-order valence-electron chi connectivity index (χ1n) is 8.92. The minimum Gasteiger partial charge on any atom is -0.340 e. The van der Waals surface area contributed by atoms with Crippen LogP contribution < -0.4 is 0 Å². The van der Waals surface area contributed by atoms with Crippen molar-refractivity contribution in [3.63, 3.8) is 0 Å². The van der Waals surface area contributed by atoms with Crippen LogP contribution in [0.4, 0.5) is 0 Å². The third-order valence-electron chi connectivity index (χ3n) is 4.75. The summed E-state index contributed by atoms with van der Waals surface area (Å²) in [5.41, 5.74) is 2.30. The Bertz CT molecular complexity index is 856. The standard InChI is InChI=1S/C19H25N3O3S2/c1-16-5-7-17(8-6-16)14-20(2)18(23)15-21-9-11-22(12-10-21)27(24,25)19-4-3-13-26-19/h3-8,13H,9-12,14-15H2,1-2H3. The van der Waals surface area contributed by atoms with E-state index in [0.29, 0.717) is 43.5 Å². The largest absolute Gasteiger partial charge is 0.340 e. The van der Waals surface area contributed by atoms with Gasteiger partial charge in [-0.15, -0.1) is 11.3 Å². The van der Waals surface area contributed by atoms with Crippen LogP contribution >= 0.6 is 11.3 Å². The lowest BCUT2D eigenvalue weighted by Gasteiger charge is -2.34. The van der Waals surface area contributed by atoms with Gasteiger partial charge >= 0.3 is 0 Å². The Morgan fingerprint density at radius 3 is 2.37 bits per heavy atom. The van der Waals surface area contributed by atoms with Gasteiger partial charge in [0.2, 0.25) is 5.91 Å². The Hall–Kier alpha value is -1.74. The molecule has 6 nitrogen and oxygen atoms in total. The zero-order valence-electron chi connectivity index (χ0n) is 15.7. The fourth-order valence-corrected chi connectivity index (χ4v) is 5.60. The van der Waals surface area contributed by atoms with Gasteiger partial charge < -0.3 is 4.90 Å². The summed E-state index contributed by atoms with van der Waals surface area (Å²) in [6, 6.07) is 11.5. The second-order valence-electron chi connectivity index (χ2n) is 6.85. The average Bonchev–Trinajstić information content (AvgIpc) is 3.19. The molecule has 2 aromatic rings. The first-order chi connectivity index (χ1) is 12.9. The van der Waals surface area contributed by atoms with Crippen molar-refractivity contribution in [1.29, 1.82) is 0 Å². The molecule has 0 unspecified atom stereocenters. The fraction of sp³-hybridized carbons (Fsp3) is 0.421. The van der Waals surface area contributed by atoms with Crippen molar-refractivity contribution in [2.75, 3.05) is 39.8 Å². The number of carbonyl (C=O) groups is 1. The lowest BCUT2D eigenvalue weighted by Crippen LogP contribution is -2.51. The van der Waals surface area contributed by atoms with Gasteiger partial charge in [-0.1, -0.05) is 35.9 Å². The molecule has 1 amide bonds. The Labute approximate surface area is 165 Å². The molecule has 1 saturated heterocycles. The minimum absolute atomic E-state index is 0.0464. The molecule has 8 heteroatoms. The van der Waals surface area contributed by atoms with Crippen LogP contribution in [0.2, 0.25) is 0 Å². The predicted molar refractivity (Wildman–Crippen MR) is 107 cm³/mol. The Morgan fingerprint density at radius 1 is 1.11 bits per heavy atom. The van der Waals surface area contributed by atoms with Crippen LogP contribution in [-0.4, -0.2) is 68.2 Å². The van der Waals surface area contributed by atoms with Gasteiger partial charge in [0.05, 0.1) is 6.54 Å². The van der Waals surface area contributed by atoms with Crippen molar-refractivity contribution in [2.45, 2.75) is 17.7 Å². The molecule has 1 aromatic carbocycles. The van der Waals surface area contributed by atoms with Gasteiger partial charge in [0.1, 0.15) is 4.21 Å². The molecule has 1 aliphatic rings. The number of hydrogen-bond acceptors (Lipinski definition) is 5. The summed E-state index contributed by atoms with van der Waals surface area (Å²) in [4.78, 5) is 16.2. The summed E-state index contributed by atoms with van der Waals surface area (Å²) in [6.45, 7) is 4.88. The summed E-state index contributed by atoms with van der Waals surface area (Å²) in [5, 5.41) is 1.77. The number of amides is 1.